The maximum atomic E-state index is 6.09. The molecular formula is C15H27NO. The molecule has 2 aliphatic heterocycles. The zero-order valence-corrected chi connectivity index (χ0v) is 11.3. The minimum absolute atomic E-state index is 0.313. The van der Waals surface area contributed by atoms with Crippen LogP contribution < -0.4 is 5.32 Å². The molecule has 2 atom stereocenters. The van der Waals surface area contributed by atoms with Crippen molar-refractivity contribution in [1.82, 2.24) is 5.32 Å². The van der Waals surface area contributed by atoms with Crippen LogP contribution in [0.5, 0.6) is 0 Å². The third-order valence-electron chi connectivity index (χ3n) is 5.51. The summed E-state index contributed by atoms with van der Waals surface area (Å²) in [6.07, 6.45) is 12.1. The van der Waals surface area contributed by atoms with Gasteiger partial charge in [-0.15, -0.1) is 0 Å². The molecule has 2 nitrogen and oxygen atoms in total. The van der Waals surface area contributed by atoms with Crippen LogP contribution in [0.15, 0.2) is 0 Å². The molecule has 17 heavy (non-hydrogen) atoms. The third kappa shape index (κ3) is 2.04. The molecule has 1 aliphatic carbocycles. The number of hydrogen-bond donors (Lipinski definition) is 1. The van der Waals surface area contributed by atoms with E-state index in [9.17, 15) is 0 Å². The highest BCUT2D eigenvalue weighted by Gasteiger charge is 2.49. The van der Waals surface area contributed by atoms with Crippen LogP contribution in [0, 0.1) is 5.92 Å². The first-order chi connectivity index (χ1) is 8.29. The lowest BCUT2D eigenvalue weighted by atomic mass is 9.65. The number of ether oxygens (including phenoxy) is 1. The topological polar surface area (TPSA) is 21.3 Å². The standard InChI is InChI=1S/C15H27NO/c1-2-6-15(9-4-10-16-15)13-5-11-17-14(12-13)7-3-8-14/h13,16H,2-12H2,1H3. The minimum atomic E-state index is 0.313. The van der Waals surface area contributed by atoms with Crippen molar-refractivity contribution in [2.24, 2.45) is 5.92 Å². The summed E-state index contributed by atoms with van der Waals surface area (Å²) >= 11 is 0. The Morgan fingerprint density at radius 3 is 2.71 bits per heavy atom. The van der Waals surface area contributed by atoms with Crippen LogP contribution in [0.4, 0.5) is 0 Å². The van der Waals surface area contributed by atoms with E-state index in [1.807, 2.05) is 0 Å². The van der Waals surface area contributed by atoms with Gasteiger partial charge in [-0.1, -0.05) is 13.3 Å². The Hall–Kier alpha value is -0.0800. The Morgan fingerprint density at radius 2 is 2.12 bits per heavy atom. The van der Waals surface area contributed by atoms with E-state index in [0.717, 1.165) is 12.5 Å². The Kier molecular flexibility index (Phi) is 3.20. The van der Waals surface area contributed by atoms with Crippen LogP contribution in [-0.4, -0.2) is 24.3 Å². The minimum Gasteiger partial charge on any atom is -0.375 e. The summed E-state index contributed by atoms with van der Waals surface area (Å²) in [5.41, 5.74) is 0.787. The molecule has 1 saturated carbocycles. The summed E-state index contributed by atoms with van der Waals surface area (Å²) in [4.78, 5) is 0. The lowest BCUT2D eigenvalue weighted by Crippen LogP contribution is -2.55. The van der Waals surface area contributed by atoms with Gasteiger partial charge in [0.25, 0.3) is 0 Å². The van der Waals surface area contributed by atoms with Crippen LogP contribution in [0.3, 0.4) is 0 Å². The number of nitrogens with one attached hydrogen (secondary N) is 1. The monoisotopic (exact) mass is 237 g/mol. The highest BCUT2D eigenvalue weighted by molar-refractivity contribution is 5.04. The van der Waals surface area contributed by atoms with Crippen LogP contribution in [0.1, 0.15) is 64.7 Å². The number of hydrogen-bond acceptors (Lipinski definition) is 2. The van der Waals surface area contributed by atoms with E-state index >= 15 is 0 Å². The molecule has 0 amide bonds. The largest absolute Gasteiger partial charge is 0.375 e. The van der Waals surface area contributed by atoms with E-state index in [4.69, 9.17) is 4.74 Å². The summed E-state index contributed by atoms with van der Waals surface area (Å²) in [5, 5.41) is 3.87. The molecule has 98 valence electrons. The second-order valence-electron chi connectivity index (χ2n) is 6.51. The van der Waals surface area contributed by atoms with Crippen molar-refractivity contribution in [2.75, 3.05) is 13.2 Å². The SMILES string of the molecule is CCCC1(C2CCOC3(CCC3)C2)CCCN1. The molecule has 3 rings (SSSR count). The van der Waals surface area contributed by atoms with Gasteiger partial charge in [-0.25, -0.2) is 0 Å². The average molecular weight is 237 g/mol. The molecule has 2 heterocycles. The van der Waals surface area contributed by atoms with Gasteiger partial charge in [-0.3, -0.25) is 0 Å². The van der Waals surface area contributed by atoms with Crippen LogP contribution in [0.2, 0.25) is 0 Å². The van der Waals surface area contributed by atoms with Crippen LogP contribution in [0.25, 0.3) is 0 Å². The van der Waals surface area contributed by atoms with E-state index < -0.39 is 0 Å². The van der Waals surface area contributed by atoms with Crippen LogP contribution >= 0.6 is 0 Å². The van der Waals surface area contributed by atoms with Gasteiger partial charge in [0.2, 0.25) is 0 Å². The van der Waals surface area contributed by atoms with Crippen molar-refractivity contribution >= 4 is 0 Å². The molecule has 0 aromatic rings. The Bertz CT molecular complexity index is 266. The molecule has 3 fully saturated rings. The maximum absolute atomic E-state index is 6.09. The molecule has 1 spiro atoms. The second kappa shape index (κ2) is 4.55. The van der Waals surface area contributed by atoms with E-state index in [2.05, 4.69) is 12.2 Å². The van der Waals surface area contributed by atoms with E-state index in [-0.39, 0.29) is 0 Å². The second-order valence-corrected chi connectivity index (χ2v) is 6.51. The van der Waals surface area contributed by atoms with Crippen molar-refractivity contribution in [3.05, 3.63) is 0 Å². The zero-order valence-electron chi connectivity index (χ0n) is 11.3. The fourth-order valence-electron chi connectivity index (χ4n) is 4.46. The lowest BCUT2D eigenvalue weighted by molar-refractivity contribution is -0.154. The Labute approximate surface area is 105 Å². The molecular weight excluding hydrogens is 210 g/mol. The first-order valence-electron chi connectivity index (χ1n) is 7.68. The molecule has 0 aromatic carbocycles. The highest BCUT2D eigenvalue weighted by atomic mass is 16.5. The normalized spacial score (nSPS) is 40.4. The fraction of sp³-hybridized carbons (Fsp3) is 1.00. The highest BCUT2D eigenvalue weighted by Crippen LogP contribution is 2.49. The third-order valence-corrected chi connectivity index (χ3v) is 5.51. The first-order valence-corrected chi connectivity index (χ1v) is 7.68. The lowest BCUT2D eigenvalue weighted by Gasteiger charge is -2.51. The fourth-order valence-corrected chi connectivity index (χ4v) is 4.46. The quantitative estimate of drug-likeness (QED) is 0.813. The first kappa shape index (κ1) is 12.0. The summed E-state index contributed by atoms with van der Waals surface area (Å²) in [6.45, 7) is 4.59. The van der Waals surface area contributed by atoms with Gasteiger partial charge < -0.3 is 10.1 Å². The van der Waals surface area contributed by atoms with Crippen molar-refractivity contribution in [1.29, 1.82) is 0 Å². The van der Waals surface area contributed by atoms with E-state index in [1.165, 1.54) is 64.3 Å². The molecule has 1 N–H and O–H groups in total. The summed E-state index contributed by atoms with van der Waals surface area (Å²) in [6, 6.07) is 0. The van der Waals surface area contributed by atoms with Crippen molar-refractivity contribution < 1.29 is 4.74 Å². The summed E-state index contributed by atoms with van der Waals surface area (Å²) in [5.74, 6) is 0.874. The molecule has 0 bridgehead atoms. The predicted octanol–water partition coefficient (Wildman–Crippen LogP) is 3.26. The van der Waals surface area contributed by atoms with Gasteiger partial charge >= 0.3 is 0 Å². The van der Waals surface area contributed by atoms with E-state index in [1.54, 1.807) is 0 Å². The Balaban J connectivity index is 1.72. The molecule has 0 radical (unpaired) electrons. The van der Waals surface area contributed by atoms with Gasteiger partial charge in [-0.2, -0.15) is 0 Å². The summed E-state index contributed by atoms with van der Waals surface area (Å²) < 4.78 is 6.09. The smallest absolute Gasteiger partial charge is 0.0686 e. The molecule has 2 unspecified atom stereocenters. The number of rotatable bonds is 3. The van der Waals surface area contributed by atoms with Gasteiger partial charge in [0.05, 0.1) is 5.60 Å². The molecule has 3 aliphatic rings. The van der Waals surface area contributed by atoms with Crippen LogP contribution in [-0.2, 0) is 4.74 Å². The van der Waals surface area contributed by atoms with Gasteiger partial charge in [-0.05, 0) is 63.8 Å². The van der Waals surface area contributed by atoms with Crippen molar-refractivity contribution in [3.8, 4) is 0 Å². The zero-order chi connectivity index (χ0) is 11.8. The van der Waals surface area contributed by atoms with Gasteiger partial charge in [0, 0.05) is 12.1 Å². The molecule has 2 heteroatoms. The maximum Gasteiger partial charge on any atom is 0.0686 e. The van der Waals surface area contributed by atoms with Crippen molar-refractivity contribution in [2.45, 2.75) is 75.9 Å². The average Bonchev–Trinajstić information content (AvgIpc) is 2.78. The Morgan fingerprint density at radius 1 is 1.24 bits per heavy atom. The van der Waals surface area contributed by atoms with Crippen molar-refractivity contribution in [3.63, 3.8) is 0 Å². The van der Waals surface area contributed by atoms with E-state index in [0.29, 0.717) is 11.1 Å². The predicted molar refractivity (Wildman–Crippen MR) is 70.1 cm³/mol. The van der Waals surface area contributed by atoms with Gasteiger partial charge in [0.15, 0.2) is 0 Å². The summed E-state index contributed by atoms with van der Waals surface area (Å²) in [7, 11) is 0. The molecule has 0 aromatic heterocycles. The van der Waals surface area contributed by atoms with Gasteiger partial charge in [0.1, 0.15) is 0 Å². The molecule has 2 saturated heterocycles.